The Morgan fingerprint density at radius 3 is 2.16 bits per heavy atom. The van der Waals surface area contributed by atoms with Crippen molar-refractivity contribution in [1.82, 2.24) is 4.31 Å². The fraction of sp³-hybridized carbons (Fsp3) is 0.273. The highest BCUT2D eigenvalue weighted by Crippen LogP contribution is 2.40. The molecule has 6 rings (SSSR count). The number of methoxy groups -OCH3 is 2. The van der Waals surface area contributed by atoms with E-state index in [0.717, 1.165) is 28.7 Å². The Hall–Kier alpha value is -3.76. The number of rotatable bonds is 8. The molecule has 1 spiro atoms. The highest BCUT2D eigenvalue weighted by atomic mass is 35.5. The van der Waals surface area contributed by atoms with Crippen molar-refractivity contribution in [3.05, 3.63) is 112 Å². The van der Waals surface area contributed by atoms with Crippen LogP contribution in [-0.2, 0) is 39.9 Å². The molecule has 0 saturated heterocycles. The number of sulfonamides is 1. The van der Waals surface area contributed by atoms with Gasteiger partial charge in [0, 0.05) is 18.1 Å². The zero-order chi connectivity index (χ0) is 30.0. The Morgan fingerprint density at radius 2 is 1.53 bits per heavy atom. The first-order valence-corrected chi connectivity index (χ1v) is 15.8. The van der Waals surface area contributed by atoms with Gasteiger partial charge in [0.15, 0.2) is 0 Å². The molecule has 0 fully saturated rings. The van der Waals surface area contributed by atoms with Gasteiger partial charge in [0.1, 0.15) is 29.5 Å². The summed E-state index contributed by atoms with van der Waals surface area (Å²) in [6.45, 7) is 1.60. The van der Waals surface area contributed by atoms with Crippen molar-refractivity contribution in [3.8, 4) is 17.2 Å². The Kier molecular flexibility index (Phi) is 8.24. The smallest absolute Gasteiger partial charge is 0.243 e. The summed E-state index contributed by atoms with van der Waals surface area (Å²) in [5.74, 6) is 1.98. The van der Waals surface area contributed by atoms with Crippen LogP contribution in [0.4, 0.5) is 5.69 Å². The van der Waals surface area contributed by atoms with E-state index in [0.29, 0.717) is 41.1 Å². The van der Waals surface area contributed by atoms with Gasteiger partial charge in [0.2, 0.25) is 10.0 Å². The van der Waals surface area contributed by atoms with Gasteiger partial charge < -0.3 is 24.3 Å². The number of ether oxygens (including phenoxy) is 4. The number of anilines is 1. The summed E-state index contributed by atoms with van der Waals surface area (Å²) in [6, 6.07) is 25.6. The molecular formula is C33H33ClN2O6S. The van der Waals surface area contributed by atoms with Crippen molar-refractivity contribution in [1.29, 1.82) is 0 Å². The van der Waals surface area contributed by atoms with Gasteiger partial charge >= 0.3 is 0 Å². The first-order valence-electron chi connectivity index (χ1n) is 14.0. The predicted molar refractivity (Wildman–Crippen MR) is 166 cm³/mol. The van der Waals surface area contributed by atoms with Crippen molar-refractivity contribution in [3.63, 3.8) is 0 Å². The lowest BCUT2D eigenvalue weighted by atomic mass is 9.86. The Labute approximate surface area is 257 Å². The summed E-state index contributed by atoms with van der Waals surface area (Å²) in [5, 5.41) is 4.11. The fourth-order valence-corrected chi connectivity index (χ4v) is 7.21. The molecule has 1 N–H and O–H groups in total. The first-order chi connectivity index (χ1) is 20.8. The molecular weight excluding hydrogens is 588 g/mol. The third-order valence-electron chi connectivity index (χ3n) is 7.96. The number of hydrogen-bond acceptors (Lipinski definition) is 7. The quantitative estimate of drug-likeness (QED) is 0.258. The third-order valence-corrected chi connectivity index (χ3v) is 9.98. The molecule has 2 aliphatic rings. The van der Waals surface area contributed by atoms with E-state index in [9.17, 15) is 8.42 Å². The molecule has 4 aromatic rings. The van der Waals surface area contributed by atoms with Crippen LogP contribution in [0, 0.1) is 0 Å². The molecule has 4 aromatic carbocycles. The second-order valence-corrected chi connectivity index (χ2v) is 13.0. The third kappa shape index (κ3) is 6.03. The van der Waals surface area contributed by atoms with Crippen LogP contribution in [0.1, 0.15) is 22.3 Å². The molecule has 0 saturated carbocycles. The lowest BCUT2D eigenvalue weighted by Gasteiger charge is -2.37. The summed E-state index contributed by atoms with van der Waals surface area (Å²) in [4.78, 5) is 0.164. The molecule has 0 bridgehead atoms. The van der Waals surface area contributed by atoms with Crippen LogP contribution >= 0.6 is 11.6 Å². The summed E-state index contributed by atoms with van der Waals surface area (Å²) in [5.41, 5.74) is 3.71. The molecule has 1 atom stereocenters. The predicted octanol–water partition coefficient (Wildman–Crippen LogP) is 6.02. The molecule has 0 unspecified atom stereocenters. The van der Waals surface area contributed by atoms with Crippen LogP contribution in [0.25, 0.3) is 0 Å². The van der Waals surface area contributed by atoms with Crippen molar-refractivity contribution in [2.45, 2.75) is 30.0 Å². The van der Waals surface area contributed by atoms with E-state index in [1.807, 2.05) is 66.7 Å². The largest absolute Gasteiger partial charge is 0.497 e. The molecule has 8 nitrogen and oxygen atoms in total. The fourth-order valence-electron chi connectivity index (χ4n) is 5.57. The zero-order valence-electron chi connectivity index (χ0n) is 24.0. The van der Waals surface area contributed by atoms with Gasteiger partial charge in [-0.05, 0) is 83.3 Å². The molecule has 0 aromatic heterocycles. The van der Waals surface area contributed by atoms with Crippen LogP contribution in [0.15, 0.2) is 89.8 Å². The number of nitrogens with zero attached hydrogens (tertiary/aromatic N) is 1. The Morgan fingerprint density at radius 1 is 0.884 bits per heavy atom. The minimum atomic E-state index is -3.93. The van der Waals surface area contributed by atoms with E-state index >= 15 is 0 Å². The highest BCUT2D eigenvalue weighted by molar-refractivity contribution is 7.89. The van der Waals surface area contributed by atoms with Crippen molar-refractivity contribution >= 4 is 27.3 Å². The normalized spacial score (nSPS) is 17.8. The average molecular weight is 621 g/mol. The molecule has 0 radical (unpaired) electrons. The monoisotopic (exact) mass is 620 g/mol. The molecule has 224 valence electrons. The maximum atomic E-state index is 14.2. The standard InChI is InChI=1S/C33H33ClN2O6S/c1-39-27-8-3-23(4-9-27)19-36(20-24-5-10-28(40-2)11-6-24)43(37,38)29-12-14-32-31(18-29)35-21-33(22-41-32)30-13-7-26(34)17-25(30)15-16-42-33/h3-14,17-18,35H,15-16,19-22H2,1-2H3/t33-/m1/s1. The maximum absolute atomic E-state index is 14.2. The van der Waals surface area contributed by atoms with E-state index in [2.05, 4.69) is 5.32 Å². The van der Waals surface area contributed by atoms with Crippen LogP contribution < -0.4 is 19.5 Å². The Bertz CT molecular complexity index is 1660. The van der Waals surface area contributed by atoms with Crippen LogP contribution in [0.2, 0.25) is 5.02 Å². The van der Waals surface area contributed by atoms with Crippen LogP contribution in [-0.4, -0.2) is 46.7 Å². The minimum absolute atomic E-state index is 0.164. The molecule has 2 heterocycles. The number of nitrogens with one attached hydrogen (secondary N) is 1. The molecule has 10 heteroatoms. The maximum Gasteiger partial charge on any atom is 0.243 e. The van der Waals surface area contributed by atoms with Crippen LogP contribution in [0.3, 0.4) is 0 Å². The Balaban J connectivity index is 1.30. The molecule has 0 aliphatic carbocycles. The van der Waals surface area contributed by atoms with Crippen molar-refractivity contribution in [2.75, 3.05) is 39.3 Å². The van der Waals surface area contributed by atoms with E-state index in [4.69, 9.17) is 30.5 Å². The number of hydrogen-bond donors (Lipinski definition) is 1. The van der Waals surface area contributed by atoms with Gasteiger partial charge in [-0.25, -0.2) is 8.42 Å². The van der Waals surface area contributed by atoms with E-state index < -0.39 is 15.6 Å². The lowest BCUT2D eigenvalue weighted by molar-refractivity contribution is -0.0754. The van der Waals surface area contributed by atoms with E-state index in [1.54, 1.807) is 32.4 Å². The highest BCUT2D eigenvalue weighted by Gasteiger charge is 2.41. The average Bonchev–Trinajstić information content (AvgIpc) is 3.21. The second kappa shape index (κ2) is 12.1. The molecule has 43 heavy (non-hydrogen) atoms. The SMILES string of the molecule is COc1ccc(CN(Cc2ccc(OC)cc2)S(=O)(=O)c2ccc3c(c2)NC[C@]2(CO3)OCCc3cc(Cl)ccc32)cc1. The number of halogens is 1. The number of fused-ring (bicyclic) bond motifs is 3. The first kappa shape index (κ1) is 29.3. The van der Waals surface area contributed by atoms with Gasteiger partial charge in [-0.2, -0.15) is 4.31 Å². The second-order valence-electron chi connectivity index (χ2n) is 10.7. The minimum Gasteiger partial charge on any atom is -0.497 e. The van der Waals surface area contributed by atoms with Crippen molar-refractivity contribution < 1.29 is 27.4 Å². The van der Waals surface area contributed by atoms with Gasteiger partial charge in [-0.15, -0.1) is 0 Å². The zero-order valence-corrected chi connectivity index (χ0v) is 25.6. The van der Waals surface area contributed by atoms with Crippen LogP contribution in [0.5, 0.6) is 17.2 Å². The van der Waals surface area contributed by atoms with Gasteiger partial charge in [0.05, 0.1) is 38.0 Å². The lowest BCUT2D eigenvalue weighted by Crippen LogP contribution is -2.45. The van der Waals surface area contributed by atoms with E-state index in [1.165, 1.54) is 4.31 Å². The van der Waals surface area contributed by atoms with Gasteiger partial charge in [-0.1, -0.05) is 41.9 Å². The van der Waals surface area contributed by atoms with Gasteiger partial charge in [0.25, 0.3) is 0 Å². The summed E-state index contributed by atoms with van der Waals surface area (Å²) in [7, 11) is -0.733. The van der Waals surface area contributed by atoms with Gasteiger partial charge in [-0.3, -0.25) is 0 Å². The summed E-state index contributed by atoms with van der Waals surface area (Å²) in [6.07, 6.45) is 0.769. The van der Waals surface area contributed by atoms with E-state index in [-0.39, 0.29) is 24.6 Å². The van der Waals surface area contributed by atoms with Crippen molar-refractivity contribution in [2.24, 2.45) is 0 Å². The molecule has 2 aliphatic heterocycles. The summed E-state index contributed by atoms with van der Waals surface area (Å²) < 4.78 is 53.0. The molecule has 0 amide bonds. The topological polar surface area (TPSA) is 86.3 Å². The summed E-state index contributed by atoms with van der Waals surface area (Å²) >= 11 is 6.26. The number of benzene rings is 4.